The number of hydrogen-bond acceptors (Lipinski definition) is 7. The van der Waals surface area contributed by atoms with Crippen molar-refractivity contribution in [3.8, 4) is 5.69 Å². The summed E-state index contributed by atoms with van der Waals surface area (Å²) < 4.78 is 7.17. The van der Waals surface area contributed by atoms with Gasteiger partial charge in [-0.1, -0.05) is 92.1 Å². The molecule has 8 heteroatoms. The van der Waals surface area contributed by atoms with Crippen LogP contribution in [0.25, 0.3) is 5.69 Å². The number of benzene rings is 2. The molecule has 1 aromatic heterocycles. The second-order valence-electron chi connectivity index (χ2n) is 10.7. The lowest BCUT2D eigenvalue weighted by atomic mass is 9.81. The molecule has 0 amide bonds. The number of aromatic nitrogens is 2. The number of ether oxygens (including phenoxy) is 1. The van der Waals surface area contributed by atoms with E-state index in [2.05, 4.69) is 34.4 Å². The molecule has 3 heterocycles. The van der Waals surface area contributed by atoms with E-state index < -0.39 is 5.92 Å². The summed E-state index contributed by atoms with van der Waals surface area (Å²) in [5.74, 6) is 0.328. The van der Waals surface area contributed by atoms with Gasteiger partial charge in [0.25, 0.3) is 0 Å². The van der Waals surface area contributed by atoms with Crippen molar-refractivity contribution in [1.82, 2.24) is 14.5 Å². The molecule has 1 unspecified atom stereocenters. The lowest BCUT2D eigenvalue weighted by Crippen LogP contribution is -2.48. The molecule has 0 bridgehead atoms. The van der Waals surface area contributed by atoms with E-state index >= 15 is 0 Å². The Hall–Kier alpha value is -4.95. The van der Waals surface area contributed by atoms with Crippen LogP contribution in [0.15, 0.2) is 126 Å². The van der Waals surface area contributed by atoms with Gasteiger partial charge < -0.3 is 15.0 Å². The number of anilines is 2. The number of carbonyl (C=O) groups excluding carboxylic acids is 1. The first-order chi connectivity index (χ1) is 21.5. The lowest BCUT2D eigenvalue weighted by molar-refractivity contribution is -0.138. The average Bonchev–Trinajstić information content (AvgIpc) is 3.04. The zero-order valence-electron chi connectivity index (χ0n) is 25.4. The normalized spacial score (nSPS) is 17.3. The Bertz CT molecular complexity index is 1660. The Morgan fingerprint density at radius 2 is 1.73 bits per heavy atom. The molecule has 2 aliphatic rings. The molecule has 1 atom stereocenters. The van der Waals surface area contributed by atoms with Crippen LogP contribution in [0.3, 0.4) is 0 Å². The topological polar surface area (TPSA) is 79.7 Å². The van der Waals surface area contributed by atoms with Crippen LogP contribution in [0.5, 0.6) is 0 Å². The van der Waals surface area contributed by atoms with Crippen molar-refractivity contribution in [3.63, 3.8) is 0 Å². The largest absolute Gasteiger partial charge is 0.463 e. The van der Waals surface area contributed by atoms with Gasteiger partial charge in [0.05, 0.1) is 23.8 Å². The molecule has 0 saturated carbocycles. The van der Waals surface area contributed by atoms with Crippen LogP contribution < -0.4 is 15.9 Å². The molecule has 1 N–H and O–H groups in total. The fraction of sp³-hybridized carbons (Fsp3) is 0.250. The maximum Gasteiger partial charge on any atom is 0.355 e. The first-order valence-corrected chi connectivity index (χ1v) is 15.0. The molecule has 5 rings (SSSR count). The van der Waals surface area contributed by atoms with E-state index in [1.807, 2.05) is 79.7 Å². The van der Waals surface area contributed by atoms with Crippen molar-refractivity contribution in [2.75, 3.05) is 49.5 Å². The number of para-hydroxylation sites is 1. The molecule has 2 aromatic carbocycles. The number of esters is 1. The molecule has 1 saturated heterocycles. The highest BCUT2D eigenvalue weighted by Crippen LogP contribution is 2.46. The second kappa shape index (κ2) is 14.0. The molecule has 226 valence electrons. The third kappa shape index (κ3) is 6.35. The number of allylic oxidation sites excluding steroid dienone is 6. The number of nitrogens with one attached hydrogen (secondary N) is 1. The standard InChI is InChI=1S/C36H39N5O3/c1-5-15-27(6-2)16-14-21-39-22-24-40(25-23-39)33-32-31(28-17-10-8-11-18-28)30(35(42)44-7-3)26(4)37-34(32)41(36(43)38-33)29-19-12-9-13-20-29/h5-6,8-20,31,37H,1-2,7,21-25H2,3-4H3/b16-14+,27-15+. The smallest absolute Gasteiger partial charge is 0.355 e. The summed E-state index contributed by atoms with van der Waals surface area (Å²) in [4.78, 5) is 36.6. The van der Waals surface area contributed by atoms with Crippen LogP contribution in [-0.4, -0.2) is 59.8 Å². The van der Waals surface area contributed by atoms with Gasteiger partial charge >= 0.3 is 11.7 Å². The summed E-state index contributed by atoms with van der Waals surface area (Å²) in [5.41, 5.74) is 4.19. The maximum absolute atomic E-state index is 13.8. The van der Waals surface area contributed by atoms with Crippen molar-refractivity contribution in [2.24, 2.45) is 0 Å². The van der Waals surface area contributed by atoms with E-state index in [1.54, 1.807) is 23.6 Å². The van der Waals surface area contributed by atoms with Crippen LogP contribution in [-0.2, 0) is 9.53 Å². The number of nitrogens with zero attached hydrogens (tertiary/aromatic N) is 4. The van der Waals surface area contributed by atoms with E-state index in [0.29, 0.717) is 41.7 Å². The summed E-state index contributed by atoms with van der Waals surface area (Å²) in [6.07, 6.45) is 9.65. The Kier molecular flexibility index (Phi) is 9.72. The fourth-order valence-corrected chi connectivity index (χ4v) is 5.84. The van der Waals surface area contributed by atoms with E-state index in [-0.39, 0.29) is 18.3 Å². The van der Waals surface area contributed by atoms with E-state index in [4.69, 9.17) is 9.72 Å². The van der Waals surface area contributed by atoms with Gasteiger partial charge in [-0.3, -0.25) is 4.90 Å². The highest BCUT2D eigenvalue weighted by molar-refractivity contribution is 5.95. The van der Waals surface area contributed by atoms with Gasteiger partial charge in [0.15, 0.2) is 0 Å². The number of carbonyl (C=O) groups is 1. The van der Waals surface area contributed by atoms with Gasteiger partial charge in [0.2, 0.25) is 0 Å². The summed E-state index contributed by atoms with van der Waals surface area (Å²) in [7, 11) is 0. The molecule has 2 aliphatic heterocycles. The molecule has 1 fully saturated rings. The molecule has 0 aliphatic carbocycles. The number of hydrogen-bond donors (Lipinski definition) is 1. The predicted molar refractivity (Wildman–Crippen MR) is 177 cm³/mol. The van der Waals surface area contributed by atoms with Gasteiger partial charge in [0.1, 0.15) is 11.6 Å². The second-order valence-corrected chi connectivity index (χ2v) is 10.7. The Balaban J connectivity index is 1.59. The zero-order chi connectivity index (χ0) is 31.1. The van der Waals surface area contributed by atoms with Crippen molar-refractivity contribution in [3.05, 3.63) is 143 Å². The van der Waals surface area contributed by atoms with Crippen LogP contribution in [0, 0.1) is 0 Å². The molecule has 3 aromatic rings. The Labute approximate surface area is 259 Å². The minimum Gasteiger partial charge on any atom is -0.463 e. The zero-order valence-corrected chi connectivity index (χ0v) is 25.4. The third-order valence-corrected chi connectivity index (χ3v) is 7.93. The van der Waals surface area contributed by atoms with Gasteiger partial charge in [-0.15, -0.1) is 0 Å². The maximum atomic E-state index is 13.8. The fourth-order valence-electron chi connectivity index (χ4n) is 5.84. The molecule has 44 heavy (non-hydrogen) atoms. The van der Waals surface area contributed by atoms with Crippen LogP contribution in [0.1, 0.15) is 30.9 Å². The van der Waals surface area contributed by atoms with Gasteiger partial charge in [-0.25, -0.2) is 14.2 Å². The van der Waals surface area contributed by atoms with Gasteiger partial charge in [0, 0.05) is 44.0 Å². The van der Waals surface area contributed by atoms with Crippen molar-refractivity contribution in [1.29, 1.82) is 0 Å². The minimum absolute atomic E-state index is 0.257. The van der Waals surface area contributed by atoms with Crippen LogP contribution in [0.2, 0.25) is 0 Å². The van der Waals surface area contributed by atoms with Gasteiger partial charge in [-0.2, -0.15) is 4.98 Å². The van der Waals surface area contributed by atoms with E-state index in [0.717, 1.165) is 36.3 Å². The Morgan fingerprint density at radius 1 is 1.05 bits per heavy atom. The van der Waals surface area contributed by atoms with Crippen molar-refractivity contribution >= 4 is 17.6 Å². The minimum atomic E-state index is -0.487. The Morgan fingerprint density at radius 3 is 2.36 bits per heavy atom. The predicted octanol–water partition coefficient (Wildman–Crippen LogP) is 5.60. The first kappa shape index (κ1) is 30.5. The monoisotopic (exact) mass is 589 g/mol. The average molecular weight is 590 g/mol. The molecular weight excluding hydrogens is 550 g/mol. The van der Waals surface area contributed by atoms with Crippen LogP contribution >= 0.6 is 0 Å². The number of piperazine rings is 1. The molecule has 8 nitrogen and oxygen atoms in total. The van der Waals surface area contributed by atoms with E-state index in [9.17, 15) is 9.59 Å². The van der Waals surface area contributed by atoms with Gasteiger partial charge in [-0.05, 0) is 37.1 Å². The lowest BCUT2D eigenvalue weighted by Gasteiger charge is -2.39. The van der Waals surface area contributed by atoms with Crippen LogP contribution in [0.4, 0.5) is 11.6 Å². The third-order valence-electron chi connectivity index (χ3n) is 7.93. The first-order valence-electron chi connectivity index (χ1n) is 15.0. The quantitative estimate of drug-likeness (QED) is 0.244. The molecule has 0 spiro atoms. The summed E-state index contributed by atoms with van der Waals surface area (Å²) in [5, 5.41) is 3.43. The van der Waals surface area contributed by atoms with Crippen molar-refractivity contribution < 1.29 is 9.53 Å². The highest BCUT2D eigenvalue weighted by atomic mass is 16.5. The molecular formula is C36H39N5O3. The highest BCUT2D eigenvalue weighted by Gasteiger charge is 2.39. The number of fused-ring (bicyclic) bond motifs is 1. The summed E-state index contributed by atoms with van der Waals surface area (Å²) in [6, 6.07) is 19.4. The SMILES string of the molecule is C=C/C=C(C=C)/C=C/CN1CCN(c2nc(=O)n(-c3ccccc3)c3c2C(c2ccccc2)C(C(=O)OCC)=C(C)N3)CC1. The number of rotatable bonds is 10. The summed E-state index contributed by atoms with van der Waals surface area (Å²) in [6.45, 7) is 15.3. The van der Waals surface area contributed by atoms with E-state index in [1.165, 1.54) is 0 Å². The van der Waals surface area contributed by atoms with Crippen molar-refractivity contribution in [2.45, 2.75) is 19.8 Å². The molecule has 0 radical (unpaired) electrons. The summed E-state index contributed by atoms with van der Waals surface area (Å²) >= 11 is 0.